The largest absolute Gasteiger partial charge is 0.309 e. The molecule has 0 saturated heterocycles. The van der Waals surface area contributed by atoms with Gasteiger partial charge in [0, 0.05) is 0 Å². The molecule has 0 aliphatic carbocycles. The van der Waals surface area contributed by atoms with Gasteiger partial charge in [0.05, 0.1) is 0 Å². The molecular formula is C11H21N2O4S2+. The second-order valence-electron chi connectivity index (χ2n) is 6.31. The van der Waals surface area contributed by atoms with Crippen LogP contribution >= 0.6 is 0 Å². The molecule has 0 radical (unpaired) electrons. The molecule has 1 aromatic rings. The lowest BCUT2D eigenvalue weighted by Crippen LogP contribution is -2.51. The van der Waals surface area contributed by atoms with Crippen LogP contribution in [-0.2, 0) is 20.0 Å². The third kappa shape index (κ3) is 2.69. The van der Waals surface area contributed by atoms with Crippen molar-refractivity contribution < 1.29 is 20.8 Å². The van der Waals surface area contributed by atoms with Crippen molar-refractivity contribution in [2.24, 2.45) is 0 Å². The molecule has 0 N–H and O–H groups in total. The van der Waals surface area contributed by atoms with Crippen molar-refractivity contribution in [1.29, 1.82) is 0 Å². The Morgan fingerprint density at radius 2 is 1.37 bits per heavy atom. The van der Waals surface area contributed by atoms with Gasteiger partial charge < -0.3 is 0 Å². The van der Waals surface area contributed by atoms with E-state index < -0.39 is 29.5 Å². The van der Waals surface area contributed by atoms with Crippen molar-refractivity contribution in [3.05, 3.63) is 18.7 Å². The van der Waals surface area contributed by atoms with E-state index in [0.717, 1.165) is 14.3 Å². The molecule has 0 amide bonds. The number of aromatic nitrogens is 2. The van der Waals surface area contributed by atoms with Gasteiger partial charge in [-0.1, -0.05) is 0 Å². The molecule has 1 aromatic heterocycles. The van der Waals surface area contributed by atoms with Crippen LogP contribution in [0.25, 0.3) is 0 Å². The molecular weight excluding hydrogens is 288 g/mol. The van der Waals surface area contributed by atoms with Gasteiger partial charge in [-0.2, -0.15) is 16.8 Å². The molecule has 1 rings (SSSR count). The van der Waals surface area contributed by atoms with Gasteiger partial charge in [-0.15, -0.1) is 7.94 Å². The average Bonchev–Trinajstić information content (AvgIpc) is 2.62. The lowest BCUT2D eigenvalue weighted by atomic mass is 10.3. The zero-order valence-electron chi connectivity index (χ0n) is 12.1. The van der Waals surface area contributed by atoms with E-state index in [0.29, 0.717) is 0 Å². The minimum Gasteiger partial charge on any atom is -0.183 e. The normalized spacial score (nSPS) is 14.6. The van der Waals surface area contributed by atoms with E-state index in [1.807, 2.05) is 0 Å². The van der Waals surface area contributed by atoms with Gasteiger partial charge in [-0.25, -0.2) is 0 Å². The summed E-state index contributed by atoms with van der Waals surface area (Å²) >= 11 is 0. The quantitative estimate of drug-likeness (QED) is 0.755. The monoisotopic (exact) mass is 309 g/mol. The Hall–Kier alpha value is -0.890. The van der Waals surface area contributed by atoms with E-state index in [1.165, 1.54) is 12.4 Å². The molecule has 0 unspecified atom stereocenters. The highest BCUT2D eigenvalue weighted by Gasteiger charge is 2.39. The molecule has 0 aromatic carbocycles. The second kappa shape index (κ2) is 4.31. The first-order valence-electron chi connectivity index (χ1n) is 5.81. The smallest absolute Gasteiger partial charge is 0.183 e. The minimum atomic E-state index is -3.63. The molecule has 0 spiro atoms. The van der Waals surface area contributed by atoms with Gasteiger partial charge in [0.2, 0.25) is 0 Å². The fraction of sp³-hybridized carbons (Fsp3) is 0.727. The Labute approximate surface area is 115 Å². The number of hydrogen-bond acceptors (Lipinski definition) is 4. The topological polar surface area (TPSA) is 77.1 Å². The lowest BCUT2D eigenvalue weighted by Gasteiger charge is -2.16. The van der Waals surface area contributed by atoms with Crippen LogP contribution in [0.15, 0.2) is 18.7 Å². The van der Waals surface area contributed by atoms with Gasteiger partial charge in [-0.3, -0.25) is 0 Å². The van der Waals surface area contributed by atoms with Crippen molar-refractivity contribution in [3.63, 3.8) is 0 Å². The number of nitrogens with zero attached hydrogens (tertiary/aromatic N) is 2. The Morgan fingerprint density at radius 3 is 1.74 bits per heavy atom. The van der Waals surface area contributed by atoms with E-state index >= 15 is 0 Å². The average molecular weight is 309 g/mol. The van der Waals surface area contributed by atoms with Gasteiger partial charge in [-0.05, 0) is 41.5 Å². The minimum absolute atomic E-state index is 0.941. The van der Waals surface area contributed by atoms with Gasteiger partial charge in [0.15, 0.2) is 0 Å². The molecule has 0 aliphatic heterocycles. The summed E-state index contributed by atoms with van der Waals surface area (Å²) in [5, 5.41) is 0. The number of rotatable bonds is 2. The third-order valence-corrected chi connectivity index (χ3v) is 7.33. The molecule has 8 heteroatoms. The summed E-state index contributed by atoms with van der Waals surface area (Å²) in [5.74, 6) is 0. The van der Waals surface area contributed by atoms with E-state index in [9.17, 15) is 16.8 Å². The van der Waals surface area contributed by atoms with Crippen LogP contribution in [0.3, 0.4) is 0 Å². The van der Waals surface area contributed by atoms with E-state index in [-0.39, 0.29) is 0 Å². The molecule has 0 atom stereocenters. The third-order valence-electron chi connectivity index (χ3n) is 2.69. The van der Waals surface area contributed by atoms with E-state index in [1.54, 1.807) is 41.5 Å². The summed E-state index contributed by atoms with van der Waals surface area (Å²) < 4.78 is 48.7. The van der Waals surface area contributed by atoms with Crippen LogP contribution in [-0.4, -0.2) is 30.3 Å². The van der Waals surface area contributed by atoms with Crippen LogP contribution < -0.4 is 3.97 Å². The second-order valence-corrected chi connectivity index (χ2v) is 11.5. The predicted molar refractivity (Wildman–Crippen MR) is 72.8 cm³/mol. The maximum Gasteiger partial charge on any atom is 0.309 e. The van der Waals surface area contributed by atoms with Gasteiger partial charge in [0.1, 0.15) is 21.9 Å². The molecule has 1 heterocycles. The van der Waals surface area contributed by atoms with Crippen molar-refractivity contribution in [2.45, 2.75) is 51.0 Å². The Bertz CT molecular complexity index is 613. The predicted octanol–water partition coefficient (Wildman–Crippen LogP) is 0.728. The van der Waals surface area contributed by atoms with Gasteiger partial charge in [0.25, 0.3) is 6.33 Å². The maximum absolute atomic E-state index is 12.2. The van der Waals surface area contributed by atoms with E-state index in [4.69, 9.17) is 0 Å². The molecule has 0 bridgehead atoms. The Balaban J connectivity index is 3.39. The maximum atomic E-state index is 12.2. The van der Waals surface area contributed by atoms with Crippen molar-refractivity contribution in [2.75, 3.05) is 0 Å². The highest BCUT2D eigenvalue weighted by molar-refractivity contribution is 7.91. The molecule has 110 valence electrons. The van der Waals surface area contributed by atoms with E-state index in [2.05, 4.69) is 0 Å². The summed E-state index contributed by atoms with van der Waals surface area (Å²) in [4.78, 5) is 0. The summed E-state index contributed by atoms with van der Waals surface area (Å²) in [5.41, 5.74) is 0. The number of hydrogen-bond donors (Lipinski definition) is 0. The SMILES string of the molecule is CC(C)(C)S(=O)(=O)n1cc[n+](S(=O)(=O)C(C)(C)C)c1. The summed E-state index contributed by atoms with van der Waals surface area (Å²) in [6.07, 6.45) is 3.56. The van der Waals surface area contributed by atoms with Crippen molar-refractivity contribution >= 4 is 20.0 Å². The summed E-state index contributed by atoms with van der Waals surface area (Å²) in [6, 6.07) is 0. The fourth-order valence-electron chi connectivity index (χ4n) is 1.24. The Kier molecular flexibility index (Phi) is 3.66. The Morgan fingerprint density at radius 1 is 0.895 bits per heavy atom. The zero-order valence-corrected chi connectivity index (χ0v) is 13.7. The van der Waals surface area contributed by atoms with Crippen LogP contribution in [0.5, 0.6) is 0 Å². The first-order chi connectivity index (χ1) is 8.21. The summed E-state index contributed by atoms with van der Waals surface area (Å²) in [6.45, 7) is 9.36. The molecule has 6 nitrogen and oxygen atoms in total. The van der Waals surface area contributed by atoms with Crippen molar-refractivity contribution in [1.82, 2.24) is 3.97 Å². The van der Waals surface area contributed by atoms with Crippen LogP contribution in [0.1, 0.15) is 41.5 Å². The standard InChI is InChI=1S/C11H21N2O4S2/c1-10(2,3)18(14,15)12-7-8-13(9-12)19(16,17)11(4,5)6/h7-9H,1-6H3/q+1. The summed E-state index contributed by atoms with van der Waals surface area (Å²) in [7, 11) is -7.26. The first kappa shape index (κ1) is 16.2. The van der Waals surface area contributed by atoms with Gasteiger partial charge >= 0.3 is 20.0 Å². The highest BCUT2D eigenvalue weighted by Crippen LogP contribution is 2.18. The first-order valence-corrected chi connectivity index (χ1v) is 8.69. The zero-order chi connectivity index (χ0) is 15.3. The van der Waals surface area contributed by atoms with Crippen LogP contribution in [0, 0.1) is 0 Å². The molecule has 0 fully saturated rings. The highest BCUT2D eigenvalue weighted by atomic mass is 32.2. The molecule has 19 heavy (non-hydrogen) atoms. The number of imidazole rings is 1. The van der Waals surface area contributed by atoms with Crippen molar-refractivity contribution in [3.8, 4) is 0 Å². The fourth-order valence-corrected chi connectivity index (χ4v) is 3.44. The molecule has 0 aliphatic rings. The van der Waals surface area contributed by atoms with Crippen LogP contribution in [0.4, 0.5) is 0 Å². The molecule has 0 saturated carbocycles. The lowest BCUT2D eigenvalue weighted by molar-refractivity contribution is -0.511. The van der Waals surface area contributed by atoms with Crippen LogP contribution in [0.2, 0.25) is 0 Å².